The maximum Gasteiger partial charge on any atom is 0.306 e. The van der Waals surface area contributed by atoms with Gasteiger partial charge < -0.3 is 14.2 Å². The van der Waals surface area contributed by atoms with Crippen LogP contribution in [0.5, 0.6) is 0 Å². The number of esters is 3. The predicted octanol–water partition coefficient (Wildman–Crippen LogP) is 23.2. The lowest BCUT2D eigenvalue weighted by Gasteiger charge is -2.18. The van der Waals surface area contributed by atoms with Crippen LogP contribution in [0.2, 0.25) is 0 Å². The molecule has 0 aromatic heterocycles. The first kappa shape index (κ1) is 73.2. The van der Waals surface area contributed by atoms with Crippen LogP contribution in [0.15, 0.2) is 12.2 Å². The Morgan fingerprint density at radius 3 is 0.667 bits per heavy atom. The molecule has 0 radical (unpaired) electrons. The number of ether oxygens (including phenoxy) is 3. The Morgan fingerprint density at radius 2 is 0.440 bits per heavy atom. The number of hydrogen-bond donors (Lipinski definition) is 0. The molecule has 1 atom stereocenters. The zero-order valence-electron chi connectivity index (χ0n) is 51.1. The standard InChI is InChI=1S/C69H132O6/c1-4-7-10-13-16-19-22-25-28-29-30-31-32-33-34-35-36-37-38-39-40-42-44-47-50-53-56-59-62-68(71)74-65-66(64-73-67(70)61-58-55-52-49-46-43-27-24-21-18-15-12-9-6-3)75-69(72)63-60-57-54-51-48-45-41-26-23-20-17-14-11-8-5-2/h26,41,66H,4-25,27-40,42-65H2,1-3H3/b41-26-. The molecule has 1 unspecified atom stereocenters. The fraction of sp³-hybridized carbons (Fsp3) is 0.928. The van der Waals surface area contributed by atoms with Gasteiger partial charge in [-0.15, -0.1) is 0 Å². The highest BCUT2D eigenvalue weighted by Crippen LogP contribution is 2.19. The maximum atomic E-state index is 12.9. The maximum absolute atomic E-state index is 12.9. The second-order valence-corrected chi connectivity index (χ2v) is 23.5. The Kier molecular flexibility index (Phi) is 63.1. The SMILES string of the molecule is CCCCCCCC/C=C\CCCCCCCC(=O)OC(COC(=O)CCCCCCCCCCCCCCCC)COC(=O)CCCCCCCCCCCCCCCCCCCCCCCCCCCCCC. The molecule has 0 saturated carbocycles. The smallest absolute Gasteiger partial charge is 0.306 e. The van der Waals surface area contributed by atoms with E-state index in [0.717, 1.165) is 64.2 Å². The van der Waals surface area contributed by atoms with Crippen molar-refractivity contribution >= 4 is 17.9 Å². The van der Waals surface area contributed by atoms with Crippen LogP contribution >= 0.6 is 0 Å². The molecule has 0 bridgehead atoms. The van der Waals surface area contributed by atoms with Crippen molar-refractivity contribution < 1.29 is 28.6 Å². The summed E-state index contributed by atoms with van der Waals surface area (Å²) in [5.41, 5.74) is 0. The Bertz CT molecular complexity index is 1170. The van der Waals surface area contributed by atoms with E-state index in [9.17, 15) is 14.4 Å². The lowest BCUT2D eigenvalue weighted by Crippen LogP contribution is -2.30. The van der Waals surface area contributed by atoms with E-state index in [1.165, 1.54) is 289 Å². The van der Waals surface area contributed by atoms with Gasteiger partial charge in [0, 0.05) is 19.3 Å². The van der Waals surface area contributed by atoms with E-state index >= 15 is 0 Å². The third-order valence-corrected chi connectivity index (χ3v) is 15.8. The molecule has 0 spiro atoms. The summed E-state index contributed by atoms with van der Waals surface area (Å²) in [6.07, 6.45) is 76.7. The quantitative estimate of drug-likeness (QED) is 0.0261. The molecule has 0 rings (SSSR count). The highest BCUT2D eigenvalue weighted by Gasteiger charge is 2.19. The molecule has 75 heavy (non-hydrogen) atoms. The van der Waals surface area contributed by atoms with Gasteiger partial charge in [-0.25, -0.2) is 0 Å². The van der Waals surface area contributed by atoms with Crippen LogP contribution < -0.4 is 0 Å². The minimum absolute atomic E-state index is 0.0668. The molecule has 0 aliphatic heterocycles. The minimum Gasteiger partial charge on any atom is -0.462 e. The van der Waals surface area contributed by atoms with Crippen LogP contribution in [-0.2, 0) is 28.6 Å². The van der Waals surface area contributed by atoms with Gasteiger partial charge in [-0.3, -0.25) is 14.4 Å². The van der Waals surface area contributed by atoms with Crippen LogP contribution in [0.3, 0.4) is 0 Å². The molecule has 0 aliphatic rings. The number of carbonyl (C=O) groups excluding carboxylic acids is 3. The van der Waals surface area contributed by atoms with E-state index in [0.29, 0.717) is 19.3 Å². The van der Waals surface area contributed by atoms with Gasteiger partial charge >= 0.3 is 17.9 Å². The fourth-order valence-corrected chi connectivity index (χ4v) is 10.6. The molecule has 0 N–H and O–H groups in total. The predicted molar refractivity (Wildman–Crippen MR) is 326 cm³/mol. The molecule has 0 amide bonds. The molecule has 6 nitrogen and oxygen atoms in total. The number of carbonyl (C=O) groups is 3. The first-order valence-corrected chi connectivity index (χ1v) is 34.2. The first-order valence-electron chi connectivity index (χ1n) is 34.2. The molecule has 0 heterocycles. The average molecular weight is 1060 g/mol. The van der Waals surface area contributed by atoms with Crippen molar-refractivity contribution in [2.24, 2.45) is 0 Å². The van der Waals surface area contributed by atoms with E-state index < -0.39 is 6.10 Å². The molecule has 0 aliphatic carbocycles. The summed E-state index contributed by atoms with van der Waals surface area (Å²) >= 11 is 0. The van der Waals surface area contributed by atoms with Gasteiger partial charge in [-0.1, -0.05) is 341 Å². The minimum atomic E-state index is -0.770. The van der Waals surface area contributed by atoms with Crippen molar-refractivity contribution in [3.8, 4) is 0 Å². The van der Waals surface area contributed by atoms with Gasteiger partial charge in [-0.2, -0.15) is 0 Å². The normalized spacial score (nSPS) is 12.0. The zero-order valence-corrected chi connectivity index (χ0v) is 51.1. The number of hydrogen-bond acceptors (Lipinski definition) is 6. The van der Waals surface area contributed by atoms with Crippen molar-refractivity contribution in [1.29, 1.82) is 0 Å². The van der Waals surface area contributed by atoms with Gasteiger partial charge in [0.1, 0.15) is 13.2 Å². The van der Waals surface area contributed by atoms with E-state index in [2.05, 4.69) is 32.9 Å². The fourth-order valence-electron chi connectivity index (χ4n) is 10.6. The van der Waals surface area contributed by atoms with Crippen LogP contribution in [-0.4, -0.2) is 37.2 Å². The average Bonchev–Trinajstić information content (AvgIpc) is 3.41. The summed E-state index contributed by atoms with van der Waals surface area (Å²) in [7, 11) is 0. The van der Waals surface area contributed by atoms with Crippen LogP contribution in [0.1, 0.15) is 393 Å². The molecule has 6 heteroatoms. The van der Waals surface area contributed by atoms with Crippen molar-refractivity contribution in [2.45, 2.75) is 399 Å². The van der Waals surface area contributed by atoms with Crippen LogP contribution in [0.4, 0.5) is 0 Å². The van der Waals surface area contributed by atoms with E-state index in [-0.39, 0.29) is 31.1 Å². The Morgan fingerprint density at radius 1 is 0.253 bits per heavy atom. The summed E-state index contributed by atoms with van der Waals surface area (Å²) < 4.78 is 17.0. The largest absolute Gasteiger partial charge is 0.462 e. The third-order valence-electron chi connectivity index (χ3n) is 15.8. The molecule has 0 saturated heterocycles. The Labute approximate surface area is 469 Å². The van der Waals surface area contributed by atoms with Crippen LogP contribution in [0.25, 0.3) is 0 Å². The second-order valence-electron chi connectivity index (χ2n) is 23.5. The van der Waals surface area contributed by atoms with E-state index in [1.54, 1.807) is 0 Å². The Balaban J connectivity index is 4.15. The third kappa shape index (κ3) is 62.9. The van der Waals surface area contributed by atoms with Crippen molar-refractivity contribution in [3.05, 3.63) is 12.2 Å². The highest BCUT2D eigenvalue weighted by atomic mass is 16.6. The van der Waals surface area contributed by atoms with E-state index in [1.807, 2.05) is 0 Å². The van der Waals surface area contributed by atoms with Gasteiger partial charge in [0.25, 0.3) is 0 Å². The van der Waals surface area contributed by atoms with E-state index in [4.69, 9.17) is 14.2 Å². The zero-order chi connectivity index (χ0) is 54.3. The van der Waals surface area contributed by atoms with Crippen LogP contribution in [0, 0.1) is 0 Å². The van der Waals surface area contributed by atoms with Gasteiger partial charge in [0.2, 0.25) is 0 Å². The lowest BCUT2D eigenvalue weighted by atomic mass is 10.0. The monoisotopic (exact) mass is 1060 g/mol. The highest BCUT2D eigenvalue weighted by molar-refractivity contribution is 5.71. The molecular formula is C69H132O6. The number of allylic oxidation sites excluding steroid dienone is 2. The van der Waals surface area contributed by atoms with Gasteiger partial charge in [-0.05, 0) is 44.9 Å². The molecular weight excluding hydrogens is 925 g/mol. The second kappa shape index (κ2) is 64.7. The summed E-state index contributed by atoms with van der Waals surface area (Å²) in [5.74, 6) is -0.844. The number of unbranched alkanes of at least 4 members (excludes halogenated alkanes) is 51. The molecule has 0 fully saturated rings. The molecule has 0 aromatic rings. The lowest BCUT2D eigenvalue weighted by molar-refractivity contribution is -0.167. The summed E-state index contributed by atoms with van der Waals surface area (Å²) in [5, 5.41) is 0. The number of rotatable bonds is 64. The van der Waals surface area contributed by atoms with Crippen molar-refractivity contribution in [2.75, 3.05) is 13.2 Å². The first-order chi connectivity index (χ1) is 37.0. The topological polar surface area (TPSA) is 78.9 Å². The van der Waals surface area contributed by atoms with Gasteiger partial charge in [0.15, 0.2) is 6.10 Å². The summed E-state index contributed by atoms with van der Waals surface area (Å²) in [4.78, 5) is 38.3. The Hall–Kier alpha value is -1.85. The molecule has 444 valence electrons. The van der Waals surface area contributed by atoms with Crippen molar-refractivity contribution in [3.63, 3.8) is 0 Å². The van der Waals surface area contributed by atoms with Crippen molar-refractivity contribution in [1.82, 2.24) is 0 Å². The van der Waals surface area contributed by atoms with Gasteiger partial charge in [0.05, 0.1) is 0 Å². The molecule has 0 aromatic carbocycles. The summed E-state index contributed by atoms with van der Waals surface area (Å²) in [6, 6.07) is 0. The summed E-state index contributed by atoms with van der Waals surface area (Å²) in [6.45, 7) is 6.71.